The van der Waals surface area contributed by atoms with Crippen molar-refractivity contribution in [1.29, 1.82) is 0 Å². The fraction of sp³-hybridized carbons (Fsp3) is 0.125. The number of benzene rings is 1. The highest BCUT2D eigenvalue weighted by molar-refractivity contribution is 6.61. The Morgan fingerprint density at radius 1 is 1.62 bits per heavy atom. The highest BCUT2D eigenvalue weighted by Crippen LogP contribution is 2.19. The zero-order valence-electron chi connectivity index (χ0n) is 6.66. The Bertz CT molecular complexity index is 367. The van der Waals surface area contributed by atoms with E-state index in [0.717, 1.165) is 5.56 Å². The van der Waals surface area contributed by atoms with Crippen molar-refractivity contribution in [3.63, 3.8) is 0 Å². The standard InChI is InChI=1S/C8H6BClO3/c10-8-2-6-4-13-9(12)7(6)1-5(8)3-11/h1-3,12H,4H2. The van der Waals surface area contributed by atoms with Gasteiger partial charge in [-0.2, -0.15) is 0 Å². The van der Waals surface area contributed by atoms with Crippen LogP contribution < -0.4 is 5.46 Å². The first-order valence-electron chi connectivity index (χ1n) is 3.79. The van der Waals surface area contributed by atoms with E-state index < -0.39 is 7.12 Å². The van der Waals surface area contributed by atoms with Crippen LogP contribution >= 0.6 is 11.6 Å². The van der Waals surface area contributed by atoms with Crippen molar-refractivity contribution in [3.05, 3.63) is 28.3 Å². The molecule has 0 bridgehead atoms. The van der Waals surface area contributed by atoms with E-state index in [0.29, 0.717) is 28.9 Å². The van der Waals surface area contributed by atoms with E-state index in [4.69, 9.17) is 16.3 Å². The fourth-order valence-electron chi connectivity index (χ4n) is 1.35. The summed E-state index contributed by atoms with van der Waals surface area (Å²) in [6, 6.07) is 3.21. The molecule has 3 nitrogen and oxygen atoms in total. The van der Waals surface area contributed by atoms with Gasteiger partial charge in [0.25, 0.3) is 0 Å². The van der Waals surface area contributed by atoms with Crippen molar-refractivity contribution in [2.45, 2.75) is 6.61 Å². The molecule has 66 valence electrons. The molecule has 1 N–H and O–H groups in total. The van der Waals surface area contributed by atoms with Crippen molar-refractivity contribution in [3.8, 4) is 0 Å². The quantitative estimate of drug-likeness (QED) is 0.521. The van der Waals surface area contributed by atoms with Gasteiger partial charge in [0.05, 0.1) is 11.6 Å². The third-order valence-corrected chi connectivity index (χ3v) is 2.38. The first-order valence-corrected chi connectivity index (χ1v) is 4.17. The van der Waals surface area contributed by atoms with Gasteiger partial charge in [0.1, 0.15) is 0 Å². The third-order valence-electron chi connectivity index (χ3n) is 2.05. The fourth-order valence-corrected chi connectivity index (χ4v) is 1.58. The van der Waals surface area contributed by atoms with Gasteiger partial charge < -0.3 is 9.68 Å². The zero-order chi connectivity index (χ0) is 9.42. The van der Waals surface area contributed by atoms with Crippen molar-refractivity contribution in [1.82, 2.24) is 0 Å². The van der Waals surface area contributed by atoms with Crippen LogP contribution in [0.5, 0.6) is 0 Å². The molecule has 0 fully saturated rings. The topological polar surface area (TPSA) is 46.5 Å². The first-order chi connectivity index (χ1) is 6.22. The minimum Gasteiger partial charge on any atom is -0.423 e. The first kappa shape index (κ1) is 8.75. The van der Waals surface area contributed by atoms with Crippen LogP contribution in [0, 0.1) is 0 Å². The molecular formula is C8H6BClO3. The minimum absolute atomic E-state index is 0.343. The van der Waals surface area contributed by atoms with E-state index in [9.17, 15) is 9.82 Å². The highest BCUT2D eigenvalue weighted by Gasteiger charge is 2.28. The lowest BCUT2D eigenvalue weighted by Crippen LogP contribution is -2.28. The summed E-state index contributed by atoms with van der Waals surface area (Å²) in [5.41, 5.74) is 1.85. The van der Waals surface area contributed by atoms with Crippen LogP contribution in [0.2, 0.25) is 5.02 Å². The van der Waals surface area contributed by atoms with Crippen LogP contribution in [0.4, 0.5) is 0 Å². The molecule has 1 heterocycles. The molecule has 0 amide bonds. The van der Waals surface area contributed by atoms with Crippen LogP contribution in [0.1, 0.15) is 15.9 Å². The summed E-state index contributed by atoms with van der Waals surface area (Å²) in [5, 5.41) is 9.71. The van der Waals surface area contributed by atoms with Gasteiger partial charge >= 0.3 is 7.12 Å². The molecule has 1 aliphatic rings. The van der Waals surface area contributed by atoms with Gasteiger partial charge in [-0.15, -0.1) is 0 Å². The molecule has 0 aliphatic carbocycles. The van der Waals surface area contributed by atoms with Crippen molar-refractivity contribution in [2.24, 2.45) is 0 Å². The normalized spacial score (nSPS) is 14.5. The maximum absolute atomic E-state index is 10.5. The predicted octanol–water partition coefficient (Wildman–Crippen LogP) is 0.370. The van der Waals surface area contributed by atoms with E-state index in [2.05, 4.69) is 0 Å². The Morgan fingerprint density at radius 3 is 3.08 bits per heavy atom. The summed E-state index contributed by atoms with van der Waals surface area (Å²) in [6.07, 6.45) is 0.660. The largest absolute Gasteiger partial charge is 0.491 e. The number of halogens is 1. The van der Waals surface area contributed by atoms with E-state index in [1.807, 2.05) is 0 Å². The molecule has 0 spiro atoms. The number of aldehydes is 1. The molecule has 0 atom stereocenters. The summed E-state index contributed by atoms with van der Waals surface area (Å²) >= 11 is 5.79. The van der Waals surface area contributed by atoms with Crippen molar-refractivity contribution < 1.29 is 14.5 Å². The average molecular weight is 196 g/mol. The molecule has 0 saturated carbocycles. The van der Waals surface area contributed by atoms with Gasteiger partial charge in [-0.1, -0.05) is 17.7 Å². The number of carbonyl (C=O) groups is 1. The van der Waals surface area contributed by atoms with Crippen LogP contribution in [0.15, 0.2) is 12.1 Å². The number of hydrogen-bond acceptors (Lipinski definition) is 3. The monoisotopic (exact) mass is 196 g/mol. The molecule has 0 saturated heterocycles. The second kappa shape index (κ2) is 3.14. The van der Waals surface area contributed by atoms with Crippen LogP contribution in [-0.2, 0) is 11.3 Å². The maximum Gasteiger partial charge on any atom is 0.491 e. The molecule has 0 radical (unpaired) electrons. The summed E-state index contributed by atoms with van der Waals surface area (Å²) in [6.45, 7) is 0.343. The van der Waals surface area contributed by atoms with E-state index >= 15 is 0 Å². The summed E-state index contributed by atoms with van der Waals surface area (Å²) in [5.74, 6) is 0. The predicted molar refractivity (Wildman–Crippen MR) is 49.2 cm³/mol. The van der Waals surface area contributed by atoms with Crippen LogP contribution in [0.3, 0.4) is 0 Å². The van der Waals surface area contributed by atoms with Gasteiger partial charge in [0, 0.05) is 5.56 Å². The highest BCUT2D eigenvalue weighted by atomic mass is 35.5. The summed E-state index contributed by atoms with van der Waals surface area (Å²) < 4.78 is 4.96. The Hall–Kier alpha value is -0.835. The van der Waals surface area contributed by atoms with Crippen molar-refractivity contribution in [2.75, 3.05) is 0 Å². The lowest BCUT2D eigenvalue weighted by molar-refractivity contribution is 0.112. The minimum atomic E-state index is -0.925. The Balaban J connectivity index is 2.57. The second-order valence-electron chi connectivity index (χ2n) is 2.85. The Labute approximate surface area is 80.4 Å². The van der Waals surface area contributed by atoms with E-state index in [1.54, 1.807) is 12.1 Å². The summed E-state index contributed by atoms with van der Waals surface area (Å²) in [4.78, 5) is 10.5. The van der Waals surface area contributed by atoms with Gasteiger partial charge in [0.15, 0.2) is 6.29 Å². The smallest absolute Gasteiger partial charge is 0.423 e. The van der Waals surface area contributed by atoms with Crippen molar-refractivity contribution >= 4 is 30.5 Å². The Kier molecular flexibility index (Phi) is 2.11. The average Bonchev–Trinajstić information content (AvgIpc) is 2.46. The number of rotatable bonds is 1. The van der Waals surface area contributed by atoms with Gasteiger partial charge in [-0.25, -0.2) is 0 Å². The zero-order valence-corrected chi connectivity index (χ0v) is 7.41. The van der Waals surface area contributed by atoms with Crippen LogP contribution in [-0.4, -0.2) is 18.4 Å². The van der Waals surface area contributed by atoms with Crippen LogP contribution in [0.25, 0.3) is 0 Å². The molecule has 0 aromatic heterocycles. The summed E-state index contributed by atoms with van der Waals surface area (Å²) in [7, 11) is -0.925. The Morgan fingerprint density at radius 2 is 2.38 bits per heavy atom. The van der Waals surface area contributed by atoms with Gasteiger partial charge in [0.2, 0.25) is 0 Å². The third kappa shape index (κ3) is 1.37. The molecule has 1 aromatic rings. The van der Waals surface area contributed by atoms with E-state index in [-0.39, 0.29) is 0 Å². The molecule has 13 heavy (non-hydrogen) atoms. The molecule has 0 unspecified atom stereocenters. The second-order valence-corrected chi connectivity index (χ2v) is 3.26. The number of fused-ring (bicyclic) bond motifs is 1. The lowest BCUT2D eigenvalue weighted by Gasteiger charge is -2.01. The molecular weight excluding hydrogens is 190 g/mol. The SMILES string of the molecule is O=Cc1cc2c(cc1Cl)COB2O. The van der Waals surface area contributed by atoms with Gasteiger partial charge in [-0.05, 0) is 17.1 Å². The molecule has 1 aromatic carbocycles. The van der Waals surface area contributed by atoms with Gasteiger partial charge in [-0.3, -0.25) is 4.79 Å². The molecule has 1 aliphatic heterocycles. The van der Waals surface area contributed by atoms with E-state index in [1.165, 1.54) is 0 Å². The number of carbonyl (C=O) groups excluding carboxylic acids is 1. The lowest BCUT2D eigenvalue weighted by atomic mass is 9.79. The molecule has 5 heteroatoms. The number of hydrogen-bond donors (Lipinski definition) is 1. The molecule has 2 rings (SSSR count). The maximum atomic E-state index is 10.5.